The van der Waals surface area contributed by atoms with Crippen molar-refractivity contribution >= 4 is 10.0 Å². The fourth-order valence-electron chi connectivity index (χ4n) is 2.63. The molecular formula is C13H24N4O3S. The van der Waals surface area contributed by atoms with Crippen molar-refractivity contribution in [2.24, 2.45) is 0 Å². The predicted octanol–water partition coefficient (Wildman–Crippen LogP) is 0.338. The molecule has 0 aliphatic heterocycles. The summed E-state index contributed by atoms with van der Waals surface area (Å²) in [7, 11) is -0.0177. The van der Waals surface area contributed by atoms with Crippen LogP contribution in [0, 0.1) is 0 Å². The summed E-state index contributed by atoms with van der Waals surface area (Å²) in [5.41, 5.74) is 0. The van der Waals surface area contributed by atoms with Crippen molar-refractivity contribution in [1.29, 1.82) is 0 Å². The largest absolute Gasteiger partial charge is 0.380 e. The van der Waals surface area contributed by atoms with Crippen LogP contribution in [0.4, 0.5) is 0 Å². The number of aromatic nitrogens is 2. The van der Waals surface area contributed by atoms with Crippen molar-refractivity contribution in [2.75, 3.05) is 20.7 Å². The minimum Gasteiger partial charge on any atom is -0.380 e. The molecule has 1 fully saturated rings. The van der Waals surface area contributed by atoms with E-state index in [9.17, 15) is 8.42 Å². The smallest absolute Gasteiger partial charge is 0.244 e. The number of nitrogens with zero attached hydrogens (tertiary/aromatic N) is 2. The average Bonchev–Trinajstić information content (AvgIpc) is 3.08. The van der Waals surface area contributed by atoms with Crippen LogP contribution in [-0.4, -0.2) is 51.0 Å². The standard InChI is InChI=1S/C13H24N4O3S/c1-14-7-4-8-17-10-11(9-15-17)21(18,19)16-12-5-3-6-13(12)20-2/h9-10,12-14,16H,3-8H2,1-2H3. The minimum atomic E-state index is -3.53. The first-order valence-electron chi connectivity index (χ1n) is 7.29. The summed E-state index contributed by atoms with van der Waals surface area (Å²) < 4.78 is 34.4. The molecule has 2 unspecified atom stereocenters. The van der Waals surface area contributed by atoms with E-state index < -0.39 is 10.0 Å². The zero-order valence-corrected chi connectivity index (χ0v) is 13.4. The van der Waals surface area contributed by atoms with Crippen LogP contribution in [0.15, 0.2) is 17.3 Å². The van der Waals surface area contributed by atoms with Crippen molar-refractivity contribution in [2.45, 2.75) is 49.3 Å². The zero-order chi connectivity index (χ0) is 15.3. The number of hydrogen-bond donors (Lipinski definition) is 2. The highest BCUT2D eigenvalue weighted by atomic mass is 32.2. The fourth-order valence-corrected chi connectivity index (χ4v) is 3.88. The average molecular weight is 316 g/mol. The van der Waals surface area contributed by atoms with E-state index in [0.717, 1.165) is 32.2 Å². The normalized spacial score (nSPS) is 22.8. The summed E-state index contributed by atoms with van der Waals surface area (Å²) in [4.78, 5) is 0.216. The fraction of sp³-hybridized carbons (Fsp3) is 0.769. The van der Waals surface area contributed by atoms with Gasteiger partial charge in [-0.05, 0) is 39.3 Å². The quantitative estimate of drug-likeness (QED) is 0.676. The van der Waals surface area contributed by atoms with Crippen molar-refractivity contribution in [3.8, 4) is 0 Å². The number of aryl methyl sites for hydroxylation is 1. The first-order valence-corrected chi connectivity index (χ1v) is 8.77. The molecule has 1 aromatic heterocycles. The van der Waals surface area contributed by atoms with Gasteiger partial charge in [-0.2, -0.15) is 5.10 Å². The number of rotatable bonds is 8. The first kappa shape index (κ1) is 16.4. The van der Waals surface area contributed by atoms with Crippen LogP contribution in [-0.2, 0) is 21.3 Å². The third kappa shape index (κ3) is 4.26. The third-order valence-corrected chi connectivity index (χ3v) is 5.24. The Labute approximate surface area is 126 Å². The molecule has 7 nitrogen and oxygen atoms in total. The lowest BCUT2D eigenvalue weighted by Gasteiger charge is -2.18. The summed E-state index contributed by atoms with van der Waals surface area (Å²) in [6, 6.07) is -0.146. The summed E-state index contributed by atoms with van der Waals surface area (Å²) in [5.74, 6) is 0. The molecule has 0 aromatic carbocycles. The Morgan fingerprint density at radius 3 is 3.00 bits per heavy atom. The van der Waals surface area contributed by atoms with Gasteiger partial charge >= 0.3 is 0 Å². The summed E-state index contributed by atoms with van der Waals surface area (Å²) >= 11 is 0. The van der Waals surface area contributed by atoms with Crippen LogP contribution < -0.4 is 10.0 Å². The molecule has 0 spiro atoms. The molecule has 1 heterocycles. The van der Waals surface area contributed by atoms with Gasteiger partial charge in [-0.15, -0.1) is 0 Å². The van der Waals surface area contributed by atoms with E-state index in [1.807, 2.05) is 7.05 Å². The Bertz CT molecular complexity index is 543. The van der Waals surface area contributed by atoms with Gasteiger partial charge in [-0.25, -0.2) is 13.1 Å². The zero-order valence-electron chi connectivity index (χ0n) is 12.6. The molecule has 0 saturated heterocycles. The lowest BCUT2D eigenvalue weighted by Crippen LogP contribution is -2.40. The van der Waals surface area contributed by atoms with Gasteiger partial charge in [0, 0.05) is 25.9 Å². The highest BCUT2D eigenvalue weighted by molar-refractivity contribution is 7.89. The van der Waals surface area contributed by atoms with E-state index in [0.29, 0.717) is 6.54 Å². The number of sulfonamides is 1. The molecular weight excluding hydrogens is 292 g/mol. The lowest BCUT2D eigenvalue weighted by atomic mass is 10.2. The molecule has 21 heavy (non-hydrogen) atoms. The third-order valence-electron chi connectivity index (χ3n) is 3.80. The van der Waals surface area contributed by atoms with Crippen molar-refractivity contribution in [3.63, 3.8) is 0 Å². The van der Waals surface area contributed by atoms with E-state index in [4.69, 9.17) is 4.74 Å². The predicted molar refractivity (Wildman–Crippen MR) is 79.5 cm³/mol. The topological polar surface area (TPSA) is 85.2 Å². The van der Waals surface area contributed by atoms with Crippen LogP contribution in [0.1, 0.15) is 25.7 Å². The first-order chi connectivity index (χ1) is 10.1. The van der Waals surface area contributed by atoms with E-state index in [1.54, 1.807) is 18.0 Å². The van der Waals surface area contributed by atoms with Crippen LogP contribution in [0.3, 0.4) is 0 Å². The monoisotopic (exact) mass is 316 g/mol. The number of nitrogens with one attached hydrogen (secondary N) is 2. The van der Waals surface area contributed by atoms with Gasteiger partial charge in [0.25, 0.3) is 0 Å². The van der Waals surface area contributed by atoms with Gasteiger partial charge < -0.3 is 10.1 Å². The second-order valence-corrected chi connectivity index (χ2v) is 7.04. The van der Waals surface area contributed by atoms with E-state index in [1.165, 1.54) is 6.20 Å². The van der Waals surface area contributed by atoms with Crippen LogP contribution in [0.5, 0.6) is 0 Å². The van der Waals surface area contributed by atoms with E-state index >= 15 is 0 Å². The van der Waals surface area contributed by atoms with Gasteiger partial charge in [0.1, 0.15) is 4.90 Å². The molecule has 2 atom stereocenters. The Kier molecular flexibility index (Phi) is 5.74. The summed E-state index contributed by atoms with van der Waals surface area (Å²) in [6.45, 7) is 1.57. The van der Waals surface area contributed by atoms with Gasteiger partial charge in [-0.1, -0.05) is 0 Å². The van der Waals surface area contributed by atoms with Crippen LogP contribution in [0.25, 0.3) is 0 Å². The molecule has 1 saturated carbocycles. The van der Waals surface area contributed by atoms with Gasteiger partial charge in [0.05, 0.1) is 12.3 Å². The molecule has 0 radical (unpaired) electrons. The minimum absolute atomic E-state index is 0.0366. The molecule has 8 heteroatoms. The lowest BCUT2D eigenvalue weighted by molar-refractivity contribution is 0.0916. The van der Waals surface area contributed by atoms with Gasteiger partial charge in [-0.3, -0.25) is 4.68 Å². The maximum atomic E-state index is 12.4. The molecule has 120 valence electrons. The molecule has 1 aliphatic rings. The molecule has 0 bridgehead atoms. The second-order valence-electron chi connectivity index (χ2n) is 5.33. The van der Waals surface area contributed by atoms with Gasteiger partial charge in [0.2, 0.25) is 10.0 Å². The molecule has 0 amide bonds. The summed E-state index contributed by atoms with van der Waals surface area (Å²) in [5, 5.41) is 7.16. The second kappa shape index (κ2) is 7.35. The van der Waals surface area contributed by atoms with E-state index in [2.05, 4.69) is 15.1 Å². The number of hydrogen-bond acceptors (Lipinski definition) is 5. The maximum Gasteiger partial charge on any atom is 0.244 e. The molecule has 2 N–H and O–H groups in total. The molecule has 1 aromatic rings. The van der Waals surface area contributed by atoms with Crippen molar-refractivity contribution < 1.29 is 13.2 Å². The highest BCUT2D eigenvalue weighted by Gasteiger charge is 2.31. The molecule has 2 rings (SSSR count). The van der Waals surface area contributed by atoms with Crippen molar-refractivity contribution in [1.82, 2.24) is 19.8 Å². The maximum absolute atomic E-state index is 12.4. The Balaban J connectivity index is 1.99. The molecule has 1 aliphatic carbocycles. The number of ether oxygens (including phenoxy) is 1. The number of methoxy groups -OCH3 is 1. The van der Waals surface area contributed by atoms with Crippen LogP contribution in [0.2, 0.25) is 0 Å². The Morgan fingerprint density at radius 2 is 2.29 bits per heavy atom. The van der Waals surface area contributed by atoms with Gasteiger partial charge in [0.15, 0.2) is 0 Å². The van der Waals surface area contributed by atoms with E-state index in [-0.39, 0.29) is 17.0 Å². The summed E-state index contributed by atoms with van der Waals surface area (Å²) in [6.07, 6.45) is 6.54. The van der Waals surface area contributed by atoms with Crippen LogP contribution >= 0.6 is 0 Å². The highest BCUT2D eigenvalue weighted by Crippen LogP contribution is 2.23. The SMILES string of the molecule is CNCCCn1cc(S(=O)(=O)NC2CCCC2OC)cn1. The van der Waals surface area contributed by atoms with Crippen molar-refractivity contribution in [3.05, 3.63) is 12.4 Å². The Hall–Kier alpha value is -0.960. The Morgan fingerprint density at radius 1 is 1.48 bits per heavy atom.